The lowest BCUT2D eigenvalue weighted by Gasteiger charge is -2.20. The number of halogens is 1. The maximum Gasteiger partial charge on any atom is 0.320 e. The number of hydrogen-bond donors (Lipinski definition) is 2. The lowest BCUT2D eigenvalue weighted by Crippen LogP contribution is -2.38. The summed E-state index contributed by atoms with van der Waals surface area (Å²) < 4.78 is 6.69. The van der Waals surface area contributed by atoms with Crippen LogP contribution in [-0.2, 0) is 4.79 Å². The average molecular weight is 354 g/mol. The molecule has 2 N–H and O–H groups in total. The van der Waals surface area contributed by atoms with Crippen LogP contribution in [0, 0.1) is 0 Å². The van der Waals surface area contributed by atoms with Gasteiger partial charge in [0.2, 0.25) is 0 Å². The maximum atomic E-state index is 11.2. The van der Waals surface area contributed by atoms with E-state index in [4.69, 9.17) is 4.74 Å². The molecule has 1 aliphatic heterocycles. The Balaban J connectivity index is 1.98. The van der Waals surface area contributed by atoms with Gasteiger partial charge >= 0.3 is 5.97 Å². The van der Waals surface area contributed by atoms with Crippen LogP contribution in [0.25, 0.3) is 6.08 Å². The van der Waals surface area contributed by atoms with Gasteiger partial charge in [0.1, 0.15) is 18.4 Å². The molecule has 114 valence electrons. The first-order valence-corrected chi connectivity index (χ1v) is 7.97. The van der Waals surface area contributed by atoms with Gasteiger partial charge in [-0.1, -0.05) is 35.7 Å². The first kappa shape index (κ1) is 16.0. The number of nitrogens with one attached hydrogen (secondary N) is 1. The Morgan fingerprint density at radius 1 is 1.52 bits per heavy atom. The topological polar surface area (TPSA) is 58.6 Å². The Bertz CT molecular complexity index is 542. The fraction of sp³-hybridized carbons (Fsp3) is 0.438. The number of benzene rings is 1. The standard InChI is InChI=1S/C16H20BrNO3/c1-2-3-4-14(16(19)20)18-9-11-7-12-8-13(17)5-6-15(12)21-10-11/h5-8,14,18H,2-4,9-10H2,1H3,(H,19,20). The number of aliphatic carboxylic acids is 1. The van der Waals surface area contributed by atoms with Crippen molar-refractivity contribution in [2.45, 2.75) is 32.2 Å². The highest BCUT2D eigenvalue weighted by atomic mass is 79.9. The van der Waals surface area contributed by atoms with Crippen molar-refractivity contribution in [3.63, 3.8) is 0 Å². The summed E-state index contributed by atoms with van der Waals surface area (Å²) in [5, 5.41) is 12.3. The van der Waals surface area contributed by atoms with Crippen LogP contribution >= 0.6 is 15.9 Å². The van der Waals surface area contributed by atoms with E-state index in [9.17, 15) is 9.90 Å². The molecule has 1 aromatic carbocycles. The van der Waals surface area contributed by atoms with E-state index in [1.165, 1.54) is 0 Å². The molecule has 4 nitrogen and oxygen atoms in total. The van der Waals surface area contributed by atoms with Crippen molar-refractivity contribution >= 4 is 28.0 Å². The summed E-state index contributed by atoms with van der Waals surface area (Å²) in [4.78, 5) is 11.2. The van der Waals surface area contributed by atoms with Crippen molar-refractivity contribution in [3.8, 4) is 5.75 Å². The van der Waals surface area contributed by atoms with Gasteiger partial charge < -0.3 is 15.2 Å². The Kier molecular flexibility index (Phi) is 5.82. The summed E-state index contributed by atoms with van der Waals surface area (Å²) in [6.45, 7) is 3.10. The fourth-order valence-corrected chi connectivity index (χ4v) is 2.65. The molecule has 0 saturated carbocycles. The summed E-state index contributed by atoms with van der Waals surface area (Å²) in [7, 11) is 0. The maximum absolute atomic E-state index is 11.2. The molecule has 1 heterocycles. The highest BCUT2D eigenvalue weighted by Crippen LogP contribution is 2.28. The molecule has 0 amide bonds. The summed E-state index contributed by atoms with van der Waals surface area (Å²) in [5.41, 5.74) is 2.08. The number of hydrogen-bond acceptors (Lipinski definition) is 3. The molecule has 1 aliphatic rings. The van der Waals surface area contributed by atoms with Gasteiger partial charge in [-0.2, -0.15) is 0 Å². The minimum Gasteiger partial charge on any atom is -0.489 e. The number of ether oxygens (including phenoxy) is 1. The molecular formula is C16H20BrNO3. The molecule has 0 aromatic heterocycles. The van der Waals surface area contributed by atoms with E-state index < -0.39 is 12.0 Å². The monoisotopic (exact) mass is 353 g/mol. The smallest absolute Gasteiger partial charge is 0.320 e. The van der Waals surface area contributed by atoms with E-state index in [2.05, 4.69) is 34.2 Å². The van der Waals surface area contributed by atoms with Crippen molar-refractivity contribution in [3.05, 3.63) is 33.8 Å². The van der Waals surface area contributed by atoms with Crippen LogP contribution in [0.4, 0.5) is 0 Å². The third-order valence-corrected chi connectivity index (χ3v) is 3.96. The third kappa shape index (κ3) is 4.58. The Morgan fingerprint density at radius 2 is 2.33 bits per heavy atom. The van der Waals surface area contributed by atoms with E-state index in [1.807, 2.05) is 18.2 Å². The van der Waals surface area contributed by atoms with Gasteiger partial charge in [0.05, 0.1) is 0 Å². The molecule has 0 spiro atoms. The van der Waals surface area contributed by atoms with Crippen LogP contribution < -0.4 is 10.1 Å². The second-order valence-electron chi connectivity index (χ2n) is 5.19. The molecule has 1 atom stereocenters. The van der Waals surface area contributed by atoms with Crippen molar-refractivity contribution in [1.82, 2.24) is 5.32 Å². The van der Waals surface area contributed by atoms with Gasteiger partial charge in [-0.25, -0.2) is 0 Å². The first-order valence-electron chi connectivity index (χ1n) is 7.18. The molecule has 0 radical (unpaired) electrons. The zero-order valence-corrected chi connectivity index (χ0v) is 13.6. The summed E-state index contributed by atoms with van der Waals surface area (Å²) >= 11 is 3.44. The third-order valence-electron chi connectivity index (χ3n) is 3.46. The molecular weight excluding hydrogens is 334 g/mol. The fourth-order valence-electron chi connectivity index (χ4n) is 2.27. The van der Waals surface area contributed by atoms with Gasteiger partial charge in [-0.15, -0.1) is 0 Å². The summed E-state index contributed by atoms with van der Waals surface area (Å²) in [5.74, 6) is 0.0756. The normalized spacial score (nSPS) is 14.9. The van der Waals surface area contributed by atoms with Gasteiger partial charge in [-0.05, 0) is 36.3 Å². The van der Waals surface area contributed by atoms with Gasteiger partial charge in [0.15, 0.2) is 0 Å². The average Bonchev–Trinajstić information content (AvgIpc) is 2.46. The van der Waals surface area contributed by atoms with Crippen LogP contribution in [0.5, 0.6) is 5.75 Å². The number of unbranched alkanes of at least 4 members (excludes halogenated alkanes) is 1. The van der Waals surface area contributed by atoms with Crippen LogP contribution in [-0.4, -0.2) is 30.3 Å². The number of carboxylic acids is 1. The van der Waals surface area contributed by atoms with E-state index >= 15 is 0 Å². The molecule has 21 heavy (non-hydrogen) atoms. The predicted octanol–water partition coefficient (Wildman–Crippen LogP) is 3.46. The van der Waals surface area contributed by atoms with Crippen LogP contribution in [0.3, 0.4) is 0 Å². The largest absolute Gasteiger partial charge is 0.489 e. The predicted molar refractivity (Wildman–Crippen MR) is 86.6 cm³/mol. The number of carbonyl (C=O) groups is 1. The molecule has 0 aliphatic carbocycles. The van der Waals surface area contributed by atoms with Crippen LogP contribution in [0.1, 0.15) is 31.7 Å². The van der Waals surface area contributed by atoms with Crippen molar-refractivity contribution in [2.24, 2.45) is 0 Å². The summed E-state index contributed by atoms with van der Waals surface area (Å²) in [6.07, 6.45) is 4.63. The summed E-state index contributed by atoms with van der Waals surface area (Å²) in [6, 6.07) is 5.39. The second kappa shape index (κ2) is 7.61. The number of fused-ring (bicyclic) bond motifs is 1. The minimum atomic E-state index is -0.788. The van der Waals surface area contributed by atoms with E-state index in [0.29, 0.717) is 19.6 Å². The molecule has 0 fully saturated rings. The molecule has 0 saturated heterocycles. The lowest BCUT2D eigenvalue weighted by molar-refractivity contribution is -0.139. The highest BCUT2D eigenvalue weighted by molar-refractivity contribution is 9.10. The molecule has 0 bridgehead atoms. The number of rotatable bonds is 7. The van der Waals surface area contributed by atoms with Crippen molar-refractivity contribution in [2.75, 3.05) is 13.2 Å². The van der Waals surface area contributed by atoms with Crippen molar-refractivity contribution in [1.29, 1.82) is 0 Å². The Morgan fingerprint density at radius 3 is 3.05 bits per heavy atom. The first-order chi connectivity index (χ1) is 10.1. The van der Waals surface area contributed by atoms with Gasteiger partial charge in [0.25, 0.3) is 0 Å². The van der Waals surface area contributed by atoms with Gasteiger partial charge in [-0.3, -0.25) is 4.79 Å². The van der Waals surface area contributed by atoms with Crippen LogP contribution in [0.2, 0.25) is 0 Å². The molecule has 1 unspecified atom stereocenters. The van der Waals surface area contributed by atoms with Crippen LogP contribution in [0.15, 0.2) is 28.2 Å². The second-order valence-corrected chi connectivity index (χ2v) is 6.10. The van der Waals surface area contributed by atoms with E-state index in [-0.39, 0.29) is 0 Å². The molecule has 2 rings (SSSR count). The quantitative estimate of drug-likeness (QED) is 0.787. The SMILES string of the molecule is CCCCC(NCC1=Cc2cc(Br)ccc2OC1)C(=O)O. The highest BCUT2D eigenvalue weighted by Gasteiger charge is 2.18. The van der Waals surface area contributed by atoms with E-state index in [0.717, 1.165) is 34.2 Å². The van der Waals surface area contributed by atoms with Crippen molar-refractivity contribution < 1.29 is 14.6 Å². The number of carboxylic acid groups (broad SMARTS) is 1. The minimum absolute atomic E-state index is 0.491. The van der Waals surface area contributed by atoms with E-state index in [1.54, 1.807) is 0 Å². The lowest BCUT2D eigenvalue weighted by atomic mass is 10.1. The molecule has 1 aromatic rings. The Hall–Kier alpha value is -1.33. The zero-order chi connectivity index (χ0) is 15.2. The zero-order valence-electron chi connectivity index (χ0n) is 12.1. The Labute approximate surface area is 133 Å². The van der Waals surface area contributed by atoms with Gasteiger partial charge in [0, 0.05) is 16.6 Å². The molecule has 5 heteroatoms.